The van der Waals surface area contributed by atoms with Crippen LogP contribution in [0.25, 0.3) is 0 Å². The van der Waals surface area contributed by atoms with E-state index in [1.54, 1.807) is 0 Å². The van der Waals surface area contributed by atoms with Crippen LogP contribution < -0.4 is 0 Å². The molecule has 2 rings (SSSR count). The van der Waals surface area contributed by atoms with E-state index in [-0.39, 0.29) is 12.1 Å². The van der Waals surface area contributed by atoms with Crippen LogP contribution >= 0.6 is 22.6 Å². The molecule has 0 spiro atoms. The van der Waals surface area contributed by atoms with Crippen molar-refractivity contribution < 1.29 is 9.53 Å². The lowest BCUT2D eigenvalue weighted by Crippen LogP contribution is -2.21. The van der Waals surface area contributed by atoms with Crippen LogP contribution in [-0.2, 0) is 4.74 Å². The Bertz CT molecular complexity index is 409. The maximum atomic E-state index is 12.0. The summed E-state index contributed by atoms with van der Waals surface area (Å²) in [6, 6.07) is 5.73. The van der Waals surface area contributed by atoms with Crippen molar-refractivity contribution in [3.8, 4) is 0 Å². The van der Waals surface area contributed by atoms with E-state index in [0.29, 0.717) is 5.56 Å². The van der Waals surface area contributed by atoms with Gasteiger partial charge in [0.15, 0.2) is 0 Å². The van der Waals surface area contributed by atoms with Crippen LogP contribution in [0.3, 0.4) is 0 Å². The van der Waals surface area contributed by atoms with Gasteiger partial charge in [0.2, 0.25) is 0 Å². The molecule has 2 nitrogen and oxygen atoms in total. The number of hydrogen-bond donors (Lipinski definition) is 0. The first-order valence-corrected chi connectivity index (χ1v) is 7.22. The summed E-state index contributed by atoms with van der Waals surface area (Å²) >= 11 is 2.25. The van der Waals surface area contributed by atoms with E-state index < -0.39 is 0 Å². The molecule has 3 heteroatoms. The molecule has 92 valence electrons. The normalized spacial score (nSPS) is 16.8. The lowest BCUT2D eigenvalue weighted by atomic mass is 9.98. The predicted molar refractivity (Wildman–Crippen MR) is 76.2 cm³/mol. The van der Waals surface area contributed by atoms with Crippen LogP contribution in [-0.4, -0.2) is 12.1 Å². The molecule has 0 N–H and O–H groups in total. The summed E-state index contributed by atoms with van der Waals surface area (Å²) in [4.78, 5) is 12.0. The number of carbonyl (C=O) groups is 1. The summed E-state index contributed by atoms with van der Waals surface area (Å²) in [5, 5.41) is 0. The Hall–Kier alpha value is -0.580. The van der Waals surface area contributed by atoms with E-state index in [1.807, 2.05) is 25.1 Å². The van der Waals surface area contributed by atoms with Gasteiger partial charge < -0.3 is 4.74 Å². The first-order valence-electron chi connectivity index (χ1n) is 6.14. The van der Waals surface area contributed by atoms with Crippen LogP contribution in [0.1, 0.15) is 48.0 Å². The third-order valence-electron chi connectivity index (χ3n) is 3.23. The molecule has 1 aliphatic rings. The zero-order chi connectivity index (χ0) is 12.3. The SMILES string of the molecule is Cc1ccc(C(=O)OC2CCCCC2)cc1I. The minimum Gasteiger partial charge on any atom is -0.459 e. The average Bonchev–Trinajstić information content (AvgIpc) is 2.34. The molecule has 1 aromatic rings. The molecule has 1 fully saturated rings. The minimum absolute atomic E-state index is 0.134. The van der Waals surface area contributed by atoms with Gasteiger partial charge in [-0.1, -0.05) is 12.5 Å². The number of esters is 1. The van der Waals surface area contributed by atoms with Gasteiger partial charge in [0.25, 0.3) is 0 Å². The molecule has 0 bridgehead atoms. The number of ether oxygens (including phenoxy) is 1. The van der Waals surface area contributed by atoms with E-state index in [0.717, 1.165) is 16.4 Å². The van der Waals surface area contributed by atoms with Gasteiger partial charge in [-0.2, -0.15) is 0 Å². The second-order valence-electron chi connectivity index (χ2n) is 4.63. The van der Waals surface area contributed by atoms with Crippen molar-refractivity contribution in [2.45, 2.75) is 45.1 Å². The topological polar surface area (TPSA) is 26.3 Å². The van der Waals surface area contributed by atoms with E-state index in [4.69, 9.17) is 4.74 Å². The molecule has 0 aliphatic heterocycles. The summed E-state index contributed by atoms with van der Waals surface area (Å²) in [6.07, 6.45) is 5.82. The molecule has 1 aromatic carbocycles. The number of hydrogen-bond acceptors (Lipinski definition) is 2. The Labute approximate surface area is 116 Å². The van der Waals surface area contributed by atoms with E-state index in [9.17, 15) is 4.79 Å². The number of benzene rings is 1. The Morgan fingerprint density at radius 1 is 1.29 bits per heavy atom. The fourth-order valence-corrected chi connectivity index (χ4v) is 2.64. The van der Waals surface area contributed by atoms with Crippen molar-refractivity contribution in [3.05, 3.63) is 32.9 Å². The zero-order valence-electron chi connectivity index (χ0n) is 10.0. The smallest absolute Gasteiger partial charge is 0.338 e. The molecule has 17 heavy (non-hydrogen) atoms. The molecule has 0 saturated heterocycles. The van der Waals surface area contributed by atoms with Crippen LogP contribution in [0.5, 0.6) is 0 Å². The van der Waals surface area contributed by atoms with Crippen molar-refractivity contribution in [1.29, 1.82) is 0 Å². The van der Waals surface area contributed by atoms with Crippen LogP contribution in [0.4, 0.5) is 0 Å². The molecule has 0 heterocycles. The van der Waals surface area contributed by atoms with Crippen LogP contribution in [0, 0.1) is 10.5 Å². The summed E-state index contributed by atoms with van der Waals surface area (Å²) in [7, 11) is 0. The van der Waals surface area contributed by atoms with Crippen molar-refractivity contribution in [2.24, 2.45) is 0 Å². The van der Waals surface area contributed by atoms with Gasteiger partial charge in [0.1, 0.15) is 6.10 Å². The highest BCUT2D eigenvalue weighted by Crippen LogP contribution is 2.22. The zero-order valence-corrected chi connectivity index (χ0v) is 12.2. The second-order valence-corrected chi connectivity index (χ2v) is 5.79. The van der Waals surface area contributed by atoms with E-state index in [1.165, 1.54) is 24.8 Å². The Kier molecular flexibility index (Phi) is 4.42. The van der Waals surface area contributed by atoms with E-state index >= 15 is 0 Å². The first-order chi connectivity index (χ1) is 8.16. The summed E-state index contributed by atoms with van der Waals surface area (Å²) in [6.45, 7) is 2.04. The van der Waals surface area contributed by atoms with Gasteiger partial charge in [-0.15, -0.1) is 0 Å². The van der Waals surface area contributed by atoms with Crippen molar-refractivity contribution >= 4 is 28.6 Å². The van der Waals surface area contributed by atoms with Crippen molar-refractivity contribution in [1.82, 2.24) is 0 Å². The average molecular weight is 344 g/mol. The van der Waals surface area contributed by atoms with Crippen LogP contribution in [0.2, 0.25) is 0 Å². The Balaban J connectivity index is 2.01. The number of aryl methyl sites for hydroxylation is 1. The molecule has 1 aliphatic carbocycles. The second kappa shape index (κ2) is 5.85. The molecular formula is C14H17IO2. The standard InChI is InChI=1S/C14H17IO2/c1-10-7-8-11(9-13(10)15)14(16)17-12-5-3-2-4-6-12/h7-9,12H,2-6H2,1H3. The molecule has 0 unspecified atom stereocenters. The Morgan fingerprint density at radius 3 is 2.65 bits per heavy atom. The Morgan fingerprint density at radius 2 is 2.00 bits per heavy atom. The predicted octanol–water partition coefficient (Wildman–Crippen LogP) is 4.09. The van der Waals surface area contributed by atoms with Gasteiger partial charge >= 0.3 is 5.97 Å². The van der Waals surface area contributed by atoms with Gasteiger partial charge in [-0.25, -0.2) is 4.79 Å². The first kappa shape index (κ1) is 12.9. The van der Waals surface area contributed by atoms with Gasteiger partial charge in [0.05, 0.1) is 5.56 Å². The highest BCUT2D eigenvalue weighted by molar-refractivity contribution is 14.1. The summed E-state index contributed by atoms with van der Waals surface area (Å²) in [5.41, 5.74) is 1.87. The van der Waals surface area contributed by atoms with E-state index in [2.05, 4.69) is 22.6 Å². The minimum atomic E-state index is -0.171. The molecule has 0 radical (unpaired) electrons. The van der Waals surface area contributed by atoms with Gasteiger partial charge in [-0.05, 0) is 72.9 Å². The van der Waals surface area contributed by atoms with Gasteiger partial charge in [0, 0.05) is 3.57 Å². The third kappa shape index (κ3) is 3.44. The number of carbonyl (C=O) groups excluding carboxylic acids is 1. The van der Waals surface area contributed by atoms with Crippen molar-refractivity contribution in [3.63, 3.8) is 0 Å². The lowest BCUT2D eigenvalue weighted by Gasteiger charge is -2.21. The molecule has 0 atom stereocenters. The fourth-order valence-electron chi connectivity index (χ4n) is 2.12. The summed E-state index contributed by atoms with van der Waals surface area (Å²) in [5.74, 6) is -0.171. The molecule has 0 amide bonds. The lowest BCUT2D eigenvalue weighted by molar-refractivity contribution is 0.0211. The number of rotatable bonds is 2. The third-order valence-corrected chi connectivity index (χ3v) is 4.40. The number of halogens is 1. The maximum Gasteiger partial charge on any atom is 0.338 e. The van der Waals surface area contributed by atoms with Gasteiger partial charge in [-0.3, -0.25) is 0 Å². The highest BCUT2D eigenvalue weighted by Gasteiger charge is 2.18. The highest BCUT2D eigenvalue weighted by atomic mass is 127. The quantitative estimate of drug-likeness (QED) is 0.597. The fraction of sp³-hybridized carbons (Fsp3) is 0.500. The maximum absolute atomic E-state index is 12.0. The largest absolute Gasteiger partial charge is 0.459 e. The molecule has 0 aromatic heterocycles. The van der Waals surface area contributed by atoms with Crippen molar-refractivity contribution in [2.75, 3.05) is 0 Å². The molecular weight excluding hydrogens is 327 g/mol. The summed E-state index contributed by atoms with van der Waals surface area (Å²) < 4.78 is 6.64. The van der Waals surface area contributed by atoms with Crippen LogP contribution in [0.15, 0.2) is 18.2 Å². The monoisotopic (exact) mass is 344 g/mol. The molecule has 1 saturated carbocycles.